The smallest absolute Gasteiger partial charge is 0.251 e. The molecule has 0 radical (unpaired) electrons. The third-order valence-corrected chi connectivity index (χ3v) is 14.6. The van der Waals surface area contributed by atoms with Crippen molar-refractivity contribution in [2.45, 2.75) is 190 Å². The van der Waals surface area contributed by atoms with Crippen LogP contribution in [-0.2, 0) is 70.9 Å². The maximum Gasteiger partial charge on any atom is 0.251 e. The van der Waals surface area contributed by atoms with Crippen molar-refractivity contribution in [2.24, 2.45) is 0 Å². The Morgan fingerprint density at radius 2 is 0.474 bits per heavy atom. The van der Waals surface area contributed by atoms with E-state index < -0.39 is 35.4 Å². The summed E-state index contributed by atoms with van der Waals surface area (Å²) in [6.07, 6.45) is 13.3. The summed E-state index contributed by atoms with van der Waals surface area (Å²) >= 11 is 0. The van der Waals surface area contributed by atoms with Crippen molar-refractivity contribution < 1.29 is 114 Å². The van der Waals surface area contributed by atoms with Crippen molar-refractivity contribution in [2.75, 3.05) is 53.4 Å². The van der Waals surface area contributed by atoms with Crippen LogP contribution in [0.4, 0.5) is 0 Å². The monoisotopic (exact) mass is 1690 g/mol. The van der Waals surface area contributed by atoms with E-state index in [-0.39, 0.29) is 152 Å². The number of benzene rings is 3. The molecule has 0 unspecified atom stereocenters. The number of nitrogens with one attached hydrogen (secondary N) is 9. The van der Waals surface area contributed by atoms with Gasteiger partial charge in [-0.05, 0) is 125 Å². The predicted octanol–water partition coefficient (Wildman–Crippen LogP) is 9.30. The number of hydrogen-bond donors (Lipinski definition) is 8. The van der Waals surface area contributed by atoms with E-state index in [9.17, 15) is 71.9 Å². The van der Waals surface area contributed by atoms with Gasteiger partial charge in [0.1, 0.15) is 28.9 Å². The summed E-state index contributed by atoms with van der Waals surface area (Å²) in [6.45, 7) is 14.5. The van der Waals surface area contributed by atoms with Gasteiger partial charge in [0.2, 0.25) is 0 Å². The minimum atomic E-state index is -0.944. The number of Topliss-reactive ketones (excluding diaryl/α,β-unsaturated/α-hetero) is 6. The molecule has 26 heteroatoms. The van der Waals surface area contributed by atoms with E-state index in [1.165, 1.54) is 68.7 Å². The molecule has 0 saturated carbocycles. The zero-order valence-corrected chi connectivity index (χ0v) is 62.7. The van der Waals surface area contributed by atoms with Gasteiger partial charge in [0, 0.05) is 210 Å². The topological polar surface area (TPSA) is 376 Å². The number of hydrogen-bond acceptors (Lipinski definition) is 15. The van der Waals surface area contributed by atoms with Crippen molar-refractivity contribution in [1.29, 1.82) is 0 Å². The fourth-order valence-corrected chi connectivity index (χ4v) is 8.79. The molecule has 9 N–H and O–H groups in total. The van der Waals surface area contributed by atoms with E-state index in [1.807, 2.05) is 13.8 Å². The van der Waals surface area contributed by atoms with Gasteiger partial charge in [-0.25, -0.2) is 0 Å². The Hall–Kier alpha value is -7.84. The molecule has 0 aromatic heterocycles. The molecule has 97 heavy (non-hydrogen) atoms. The van der Waals surface area contributed by atoms with Gasteiger partial charge < -0.3 is 64.8 Å². The van der Waals surface area contributed by atoms with Crippen LogP contribution in [0.25, 0.3) is 5.73 Å². The van der Waals surface area contributed by atoms with Crippen molar-refractivity contribution in [3.05, 3.63) is 117 Å². The Bertz CT molecular complexity index is 2860. The number of rotatable bonds is 44. The molecular formula is C71H103N9O15W2-2. The van der Waals surface area contributed by atoms with Crippen molar-refractivity contribution in [3.8, 4) is 0 Å². The van der Waals surface area contributed by atoms with Crippen LogP contribution in [0, 0.1) is 6.92 Å². The van der Waals surface area contributed by atoms with Crippen LogP contribution in [0.1, 0.15) is 283 Å². The summed E-state index contributed by atoms with van der Waals surface area (Å²) in [5.74, 6) is -3.58. The number of carbonyl (C=O) groups is 15. The Kier molecular flexibility index (Phi) is 53.1. The van der Waals surface area contributed by atoms with Gasteiger partial charge in [-0.1, -0.05) is 61.3 Å². The Morgan fingerprint density at radius 3 is 0.670 bits per heavy atom. The van der Waals surface area contributed by atoms with Gasteiger partial charge in [-0.3, -0.25) is 62.3 Å². The van der Waals surface area contributed by atoms with Crippen molar-refractivity contribution in [1.82, 2.24) is 42.5 Å². The minimum absolute atomic E-state index is 0. The van der Waals surface area contributed by atoms with Crippen LogP contribution in [0.5, 0.6) is 0 Å². The number of ketones is 6. The van der Waals surface area contributed by atoms with E-state index in [0.29, 0.717) is 142 Å². The second-order valence-electron chi connectivity index (χ2n) is 22.2. The first-order valence-electron chi connectivity index (χ1n) is 32.7. The molecule has 0 aliphatic heterocycles. The van der Waals surface area contributed by atoms with E-state index in [0.717, 1.165) is 44.9 Å². The van der Waals surface area contributed by atoms with Gasteiger partial charge in [0.15, 0.2) is 0 Å². The molecule has 9 amide bonds. The van der Waals surface area contributed by atoms with Crippen LogP contribution >= 0.6 is 0 Å². The second-order valence-corrected chi connectivity index (χ2v) is 22.2. The molecule has 0 saturated heterocycles. The zero-order valence-electron chi connectivity index (χ0n) is 56.8. The Morgan fingerprint density at radius 1 is 0.289 bits per heavy atom. The number of unbranched alkanes of at least 4 members (excludes halogenated alkanes) is 6. The average molecular weight is 1690 g/mol. The van der Waals surface area contributed by atoms with Crippen molar-refractivity contribution in [3.63, 3.8) is 0 Å². The first-order valence-corrected chi connectivity index (χ1v) is 32.7. The quantitative estimate of drug-likeness (QED) is 0.0193. The third-order valence-electron chi connectivity index (χ3n) is 14.6. The Labute approximate surface area is 601 Å². The molecule has 3 aromatic rings. The molecule has 536 valence electrons. The first kappa shape index (κ1) is 93.3. The summed E-state index contributed by atoms with van der Waals surface area (Å²) in [4.78, 5) is 179. The molecule has 0 spiro atoms. The maximum absolute atomic E-state index is 12.9. The Balaban J connectivity index is -0.00000144. The molecule has 0 atom stereocenters. The summed E-state index contributed by atoms with van der Waals surface area (Å²) < 4.78 is 0. The predicted molar refractivity (Wildman–Crippen MR) is 365 cm³/mol. The van der Waals surface area contributed by atoms with Crippen LogP contribution in [0.3, 0.4) is 0 Å². The van der Waals surface area contributed by atoms with E-state index in [4.69, 9.17) is 5.73 Å². The van der Waals surface area contributed by atoms with Crippen LogP contribution < -0.4 is 42.5 Å². The molecule has 0 heterocycles. The van der Waals surface area contributed by atoms with Crippen LogP contribution in [0.2, 0.25) is 0 Å². The second kappa shape index (κ2) is 55.2. The fourth-order valence-electron chi connectivity index (χ4n) is 8.79. The molecule has 0 aliphatic rings. The standard InChI is InChI=1S/C32H48N3O6.C27H39N3O6.C11H13N3O3.CH4.2W/c1-4-28(37)16-10-7-13-19-34-31(40)26-21-25(30(39)33-18-12-6-9-15-24(3)36)22-27(23-26)32(41)35-20-14-8-11-17-29(38)5-2;1-4-22(31)10-7-13-28-25(34)19-16-20(26(35)29-14-8-11-23(32)5-2)18-21(17-19)27(36)30-15-9-12-24(33)6-3;1-13-10(16)7-3-6(9(12)15)4-8(5-7)11(17)14-2;;;/h21-23H,3-20H2,1-2H3,(H,33,39)(H,34,40)(H,35,41);16-18H,4-15H2,1-3H3,(H,28,34)(H,29,35)(H,30,36);3-5H,1-2H3,(H4,12,13,14,15,16,17);1H4;;/q-1;;;;;/p-1. The summed E-state index contributed by atoms with van der Waals surface area (Å²) in [5.41, 5.74) is 8.45. The van der Waals surface area contributed by atoms with Gasteiger partial charge in [-0.15, -0.1) is 0 Å². The van der Waals surface area contributed by atoms with Crippen LogP contribution in [-0.4, -0.2) is 141 Å². The zero-order chi connectivity index (χ0) is 70.4. The number of amides is 9. The molecule has 3 aromatic carbocycles. The average Bonchev–Trinajstić information content (AvgIpc) is 1.22. The fraction of sp³-hybridized carbons (Fsp3) is 0.521. The minimum Gasteiger partial charge on any atom is -0.664 e. The molecular weight excluding hydrogens is 1590 g/mol. The largest absolute Gasteiger partial charge is 0.664 e. The van der Waals surface area contributed by atoms with E-state index >= 15 is 0 Å². The van der Waals surface area contributed by atoms with Crippen LogP contribution in [0.15, 0.2) is 54.6 Å². The normalized spacial score (nSPS) is 10.0. The molecule has 0 bridgehead atoms. The van der Waals surface area contributed by atoms with E-state index in [1.54, 1.807) is 20.8 Å². The molecule has 0 aliphatic carbocycles. The molecule has 24 nitrogen and oxygen atoms in total. The summed E-state index contributed by atoms with van der Waals surface area (Å²) in [5, 5.41) is 21.5. The first-order chi connectivity index (χ1) is 44.9. The van der Waals surface area contributed by atoms with E-state index in [2.05, 4.69) is 49.5 Å². The summed E-state index contributed by atoms with van der Waals surface area (Å²) in [6, 6.07) is 12.6. The van der Waals surface area contributed by atoms with Gasteiger partial charge in [0.25, 0.3) is 47.3 Å². The molecule has 0 fully saturated rings. The van der Waals surface area contributed by atoms with Crippen molar-refractivity contribution >= 4 is 87.9 Å². The van der Waals surface area contributed by atoms with Gasteiger partial charge in [0.05, 0.1) is 5.91 Å². The van der Waals surface area contributed by atoms with Gasteiger partial charge in [-0.2, -0.15) is 0 Å². The molecule has 3 rings (SSSR count). The maximum atomic E-state index is 12.9. The third kappa shape index (κ3) is 41.1. The van der Waals surface area contributed by atoms with Gasteiger partial charge >= 0.3 is 0 Å². The number of carbonyl (C=O) groups excluding carboxylic acids is 15. The summed E-state index contributed by atoms with van der Waals surface area (Å²) in [7, 11) is 2.88. The SMILES string of the molecule is C.CCC(=O)CCCNC(=O)c1cc(C(=O)NCCCC(=O)CC)cc(C(=O)NCCCC(=O)CC)c1.CNC(=O)c1cc(C([NH-])=O)cc(C(=O)NC)c1.[CH2-]C(=O)CCCCCNC(=O)c1cc(C(=O)NCCCCCC(=O)CC)cc(C(=O)NCCCCCC(=O)CC)c1.[W].[W].